The van der Waals surface area contributed by atoms with Crippen LogP contribution in [0.25, 0.3) is 6.08 Å². The van der Waals surface area contributed by atoms with Crippen LogP contribution in [0.4, 0.5) is 4.39 Å². The topological polar surface area (TPSA) is 200 Å². The molecule has 13 heteroatoms. The maximum Gasteiger partial charge on any atom is 0.244 e. The summed E-state index contributed by atoms with van der Waals surface area (Å²) < 4.78 is 13.1. The fourth-order valence-electron chi connectivity index (χ4n) is 3.03. The van der Waals surface area contributed by atoms with Crippen LogP contribution in [0.2, 0.25) is 5.02 Å². The maximum absolute atomic E-state index is 13.1. The van der Waals surface area contributed by atoms with Gasteiger partial charge in [0.05, 0.1) is 5.02 Å². The number of halogens is 2. The number of hydrogen-bond donors (Lipinski definition) is 6. The summed E-state index contributed by atoms with van der Waals surface area (Å²) in [4.78, 5) is 60.0. The van der Waals surface area contributed by atoms with Crippen molar-refractivity contribution in [1.29, 1.82) is 0 Å². The Morgan fingerprint density at radius 2 is 1.64 bits per heavy atom. The van der Waals surface area contributed by atoms with E-state index in [2.05, 4.69) is 16.0 Å². The second kappa shape index (κ2) is 15.5. The minimum absolute atomic E-state index is 0.107. The highest BCUT2D eigenvalue weighted by Crippen LogP contribution is 2.18. The summed E-state index contributed by atoms with van der Waals surface area (Å²) in [6.45, 7) is 1.83. The lowest BCUT2D eigenvalue weighted by Gasteiger charge is -2.20. The van der Waals surface area contributed by atoms with Gasteiger partial charge < -0.3 is 33.2 Å². The number of primary amides is 2. The third kappa shape index (κ3) is 11.3. The fourth-order valence-corrected chi connectivity index (χ4v) is 3.26. The van der Waals surface area contributed by atoms with Gasteiger partial charge in [-0.3, -0.25) is 24.0 Å². The van der Waals surface area contributed by atoms with Gasteiger partial charge in [0.25, 0.3) is 0 Å². The predicted octanol–water partition coefficient (Wildman–Crippen LogP) is -0.154. The molecule has 5 amide bonds. The fraction of sp³-hybridized carbons (Fsp3) is 0.435. The van der Waals surface area contributed by atoms with Crippen LogP contribution in [0, 0.1) is 5.82 Å². The molecule has 0 radical (unpaired) electrons. The van der Waals surface area contributed by atoms with E-state index in [-0.39, 0.29) is 17.9 Å². The molecule has 0 fully saturated rings. The van der Waals surface area contributed by atoms with Crippen molar-refractivity contribution in [2.45, 2.75) is 57.2 Å². The van der Waals surface area contributed by atoms with Crippen molar-refractivity contribution in [1.82, 2.24) is 16.0 Å². The van der Waals surface area contributed by atoms with Gasteiger partial charge in [0.1, 0.15) is 23.9 Å². The number of unbranched alkanes of at least 4 members (excludes halogenated alkanes) is 1. The minimum atomic E-state index is -1.19. The van der Waals surface area contributed by atoms with Gasteiger partial charge in [0.2, 0.25) is 29.5 Å². The molecule has 0 aliphatic carbocycles. The molecule has 1 aromatic carbocycles. The Labute approximate surface area is 213 Å². The van der Waals surface area contributed by atoms with Gasteiger partial charge in [-0.15, -0.1) is 0 Å². The van der Waals surface area contributed by atoms with Gasteiger partial charge in [0, 0.05) is 12.5 Å². The first-order valence-corrected chi connectivity index (χ1v) is 11.6. The molecule has 0 heterocycles. The van der Waals surface area contributed by atoms with Gasteiger partial charge in [-0.25, -0.2) is 4.39 Å². The summed E-state index contributed by atoms with van der Waals surface area (Å²) in [6.07, 6.45) is 3.71. The second-order valence-electron chi connectivity index (χ2n) is 8.04. The van der Waals surface area contributed by atoms with E-state index in [1.54, 1.807) is 0 Å². The Morgan fingerprint density at radius 1 is 1.00 bits per heavy atom. The lowest BCUT2D eigenvalue weighted by molar-refractivity contribution is -0.131. The molecule has 0 aliphatic rings. The largest absolute Gasteiger partial charge is 0.368 e. The standard InChI is InChI=1S/C23H32ClFN6O5/c1-13(29-19(32)9-6-14-5-7-15(25)12-16(14)24)23(36)31-18(22(28)35)8-10-20(33)30-17(21(27)34)4-2-3-11-26/h5-7,9,12-13,17-18H,2-4,8,10-11,26H2,1H3,(H2,27,34)(H2,28,35)(H,29,32)(H,30,33)(H,31,36)/b9-6+/t13?,17?,18-/m0/s1. The van der Waals surface area contributed by atoms with Crippen LogP contribution < -0.4 is 33.2 Å². The van der Waals surface area contributed by atoms with Crippen LogP contribution in [-0.4, -0.2) is 54.2 Å². The zero-order chi connectivity index (χ0) is 27.3. The normalized spacial score (nSPS) is 13.4. The maximum atomic E-state index is 13.1. The van der Waals surface area contributed by atoms with E-state index in [0.29, 0.717) is 31.4 Å². The van der Waals surface area contributed by atoms with E-state index in [1.807, 2.05) is 0 Å². The summed E-state index contributed by atoms with van der Waals surface area (Å²) in [5.41, 5.74) is 16.4. The Morgan fingerprint density at radius 3 is 2.22 bits per heavy atom. The smallest absolute Gasteiger partial charge is 0.244 e. The number of carbonyl (C=O) groups is 5. The summed E-state index contributed by atoms with van der Waals surface area (Å²) in [7, 11) is 0. The quantitative estimate of drug-likeness (QED) is 0.135. The van der Waals surface area contributed by atoms with Crippen molar-refractivity contribution in [2.24, 2.45) is 17.2 Å². The minimum Gasteiger partial charge on any atom is -0.368 e. The third-order valence-electron chi connectivity index (χ3n) is 5.07. The van der Waals surface area contributed by atoms with Gasteiger partial charge in [0.15, 0.2) is 0 Å². The average Bonchev–Trinajstić information content (AvgIpc) is 2.80. The van der Waals surface area contributed by atoms with Crippen LogP contribution in [0.3, 0.4) is 0 Å². The average molecular weight is 527 g/mol. The molecule has 0 aromatic heterocycles. The van der Waals surface area contributed by atoms with E-state index < -0.39 is 53.5 Å². The summed E-state index contributed by atoms with van der Waals surface area (Å²) in [6, 6.07) is 0.536. The molecule has 9 N–H and O–H groups in total. The predicted molar refractivity (Wildman–Crippen MR) is 132 cm³/mol. The Bertz CT molecular complexity index is 990. The molecule has 0 saturated heterocycles. The van der Waals surface area contributed by atoms with Crippen molar-refractivity contribution < 1.29 is 28.4 Å². The van der Waals surface area contributed by atoms with Gasteiger partial charge >= 0.3 is 0 Å². The molecular weight excluding hydrogens is 495 g/mol. The molecular formula is C23H32ClFN6O5. The van der Waals surface area contributed by atoms with E-state index in [0.717, 1.165) is 12.1 Å². The molecule has 198 valence electrons. The zero-order valence-corrected chi connectivity index (χ0v) is 20.6. The number of hydrogen-bond acceptors (Lipinski definition) is 6. The number of carbonyl (C=O) groups excluding carboxylic acids is 5. The van der Waals surface area contributed by atoms with E-state index in [9.17, 15) is 28.4 Å². The third-order valence-corrected chi connectivity index (χ3v) is 5.40. The van der Waals surface area contributed by atoms with Crippen molar-refractivity contribution >= 4 is 47.2 Å². The van der Waals surface area contributed by atoms with Gasteiger partial charge in [-0.2, -0.15) is 0 Å². The SMILES string of the molecule is CC(NC(=O)/C=C/c1ccc(F)cc1Cl)C(=O)N[C@@H](CCC(=O)NC(CCCCN)C(N)=O)C(N)=O. The van der Waals surface area contributed by atoms with Crippen molar-refractivity contribution in [2.75, 3.05) is 6.54 Å². The van der Waals surface area contributed by atoms with Crippen molar-refractivity contribution in [3.8, 4) is 0 Å². The summed E-state index contributed by atoms with van der Waals surface area (Å²) in [5.74, 6) is -3.99. The molecule has 0 bridgehead atoms. The Kier molecular flexibility index (Phi) is 13.1. The first-order chi connectivity index (χ1) is 16.9. The van der Waals surface area contributed by atoms with Crippen molar-refractivity contribution in [3.05, 3.63) is 40.7 Å². The van der Waals surface area contributed by atoms with E-state index >= 15 is 0 Å². The molecule has 11 nitrogen and oxygen atoms in total. The van der Waals surface area contributed by atoms with Crippen LogP contribution in [0.15, 0.2) is 24.3 Å². The molecule has 1 aromatic rings. The van der Waals surface area contributed by atoms with Crippen molar-refractivity contribution in [3.63, 3.8) is 0 Å². The molecule has 36 heavy (non-hydrogen) atoms. The lowest BCUT2D eigenvalue weighted by atomic mass is 10.1. The number of benzene rings is 1. The second-order valence-corrected chi connectivity index (χ2v) is 8.45. The highest BCUT2D eigenvalue weighted by atomic mass is 35.5. The van der Waals surface area contributed by atoms with Crippen LogP contribution in [-0.2, 0) is 24.0 Å². The molecule has 2 unspecified atom stereocenters. The Balaban J connectivity index is 2.60. The van der Waals surface area contributed by atoms with Gasteiger partial charge in [-0.1, -0.05) is 17.7 Å². The summed E-state index contributed by atoms with van der Waals surface area (Å²) >= 11 is 5.89. The number of amides is 5. The molecule has 1 rings (SSSR count). The van der Waals surface area contributed by atoms with E-state index in [1.165, 1.54) is 25.1 Å². The zero-order valence-electron chi connectivity index (χ0n) is 19.9. The number of nitrogens with two attached hydrogens (primary N) is 3. The Hall–Kier alpha value is -3.51. The first-order valence-electron chi connectivity index (χ1n) is 11.3. The van der Waals surface area contributed by atoms with Gasteiger partial charge in [-0.05, 0) is 62.9 Å². The van der Waals surface area contributed by atoms with Crippen LogP contribution >= 0.6 is 11.6 Å². The molecule has 0 spiro atoms. The lowest BCUT2D eigenvalue weighted by Crippen LogP contribution is -2.52. The van der Waals surface area contributed by atoms with Crippen LogP contribution in [0.5, 0.6) is 0 Å². The summed E-state index contributed by atoms with van der Waals surface area (Å²) in [5, 5.41) is 7.39. The number of rotatable bonds is 15. The highest BCUT2D eigenvalue weighted by Gasteiger charge is 2.24. The first kappa shape index (κ1) is 30.5. The molecule has 3 atom stereocenters. The molecule has 0 aliphatic heterocycles. The number of nitrogens with one attached hydrogen (secondary N) is 3. The van der Waals surface area contributed by atoms with Crippen LogP contribution in [0.1, 0.15) is 44.6 Å². The molecule has 0 saturated carbocycles. The highest BCUT2D eigenvalue weighted by molar-refractivity contribution is 6.32. The van der Waals surface area contributed by atoms with E-state index in [4.69, 9.17) is 28.8 Å². The monoisotopic (exact) mass is 526 g/mol.